The molecule has 0 saturated heterocycles. The fourth-order valence-electron chi connectivity index (χ4n) is 3.27. The maximum absolute atomic E-state index is 13.4. The smallest absolute Gasteiger partial charge is 0.195 e. The van der Waals surface area contributed by atoms with Crippen molar-refractivity contribution in [2.45, 2.75) is 6.92 Å². The number of anilines is 1. The molecule has 0 saturated carbocycles. The van der Waals surface area contributed by atoms with Gasteiger partial charge in [-0.25, -0.2) is 14.6 Å². The molecule has 2 heterocycles. The number of hydrogen-bond donors (Lipinski definition) is 1. The number of aryl methyl sites for hydroxylation is 1. The van der Waals surface area contributed by atoms with E-state index in [2.05, 4.69) is 15.1 Å². The van der Waals surface area contributed by atoms with Crippen LogP contribution in [0.3, 0.4) is 0 Å². The van der Waals surface area contributed by atoms with E-state index in [0.29, 0.717) is 33.4 Å². The third-order valence-electron chi connectivity index (χ3n) is 4.65. The summed E-state index contributed by atoms with van der Waals surface area (Å²) in [5.74, 6) is 0.925. The molecule has 2 N–H and O–H groups in total. The molecule has 2 aromatic carbocycles. The van der Waals surface area contributed by atoms with Crippen LogP contribution in [0.5, 0.6) is 11.5 Å². The summed E-state index contributed by atoms with van der Waals surface area (Å²) in [6, 6.07) is 8.91. The van der Waals surface area contributed by atoms with Crippen molar-refractivity contribution >= 4 is 22.3 Å². The molecule has 30 heavy (non-hydrogen) atoms. The van der Waals surface area contributed by atoms with Gasteiger partial charge in [0, 0.05) is 22.1 Å². The van der Waals surface area contributed by atoms with Crippen LogP contribution in [0, 0.1) is 6.92 Å². The molecule has 4 aromatic rings. The highest BCUT2D eigenvalue weighted by Crippen LogP contribution is 2.34. The molecule has 2 aromatic heterocycles. The lowest BCUT2D eigenvalue weighted by molar-refractivity contribution is 0.103. The van der Waals surface area contributed by atoms with Gasteiger partial charge in [-0.2, -0.15) is 5.10 Å². The monoisotopic (exact) mass is 421 g/mol. The van der Waals surface area contributed by atoms with Crippen LogP contribution >= 0.6 is 11.3 Å². The Hall–Kier alpha value is -3.72. The van der Waals surface area contributed by atoms with E-state index in [9.17, 15) is 4.79 Å². The van der Waals surface area contributed by atoms with Crippen LogP contribution in [0.25, 0.3) is 16.9 Å². The van der Waals surface area contributed by atoms with Crippen molar-refractivity contribution in [2.75, 3.05) is 20.0 Å². The van der Waals surface area contributed by atoms with Gasteiger partial charge < -0.3 is 15.2 Å². The van der Waals surface area contributed by atoms with Crippen molar-refractivity contribution in [3.63, 3.8) is 0 Å². The molecule has 0 aliphatic carbocycles. The molecule has 0 bridgehead atoms. The van der Waals surface area contributed by atoms with Crippen molar-refractivity contribution < 1.29 is 14.3 Å². The maximum Gasteiger partial charge on any atom is 0.195 e. The quantitative estimate of drug-likeness (QED) is 0.475. The van der Waals surface area contributed by atoms with E-state index in [4.69, 9.17) is 15.2 Å². The van der Waals surface area contributed by atoms with E-state index in [1.54, 1.807) is 43.4 Å². The molecule has 0 atom stereocenters. The van der Waals surface area contributed by atoms with E-state index >= 15 is 0 Å². The molecular formula is C21H19N5O3S. The van der Waals surface area contributed by atoms with Gasteiger partial charge in [0.25, 0.3) is 0 Å². The highest BCUT2D eigenvalue weighted by Gasteiger charge is 2.20. The predicted molar refractivity (Wildman–Crippen MR) is 115 cm³/mol. The molecule has 0 fully saturated rings. The molecule has 0 unspecified atom stereocenters. The zero-order valence-electron chi connectivity index (χ0n) is 16.6. The van der Waals surface area contributed by atoms with Crippen molar-refractivity contribution in [3.05, 3.63) is 65.1 Å². The number of thiazole rings is 1. The van der Waals surface area contributed by atoms with Crippen molar-refractivity contribution in [1.29, 1.82) is 0 Å². The van der Waals surface area contributed by atoms with Gasteiger partial charge in [0.2, 0.25) is 0 Å². The summed E-state index contributed by atoms with van der Waals surface area (Å²) >= 11 is 1.36. The van der Waals surface area contributed by atoms with Gasteiger partial charge in [-0.15, -0.1) is 11.3 Å². The predicted octanol–water partition coefficient (Wildman–Crippen LogP) is 3.53. The fraction of sp³-hybridized carbons (Fsp3) is 0.143. The number of methoxy groups -OCH3 is 2. The summed E-state index contributed by atoms with van der Waals surface area (Å²) < 4.78 is 12.3. The van der Waals surface area contributed by atoms with Gasteiger partial charge >= 0.3 is 0 Å². The Morgan fingerprint density at radius 1 is 1.17 bits per heavy atom. The van der Waals surface area contributed by atoms with E-state index < -0.39 is 0 Å². The second kappa shape index (κ2) is 7.96. The molecule has 0 aliphatic rings. The minimum Gasteiger partial charge on any atom is -0.493 e. The van der Waals surface area contributed by atoms with Gasteiger partial charge in [0.1, 0.15) is 12.7 Å². The molecule has 0 spiro atoms. The van der Waals surface area contributed by atoms with Crippen molar-refractivity contribution in [3.8, 4) is 28.4 Å². The SMILES string of the molecule is COc1cc(C(=O)c2ccc(-c3csc(N)n3)cc2-n2cncn2)cc(C)c1OC. The molecule has 4 rings (SSSR count). The van der Waals surface area contributed by atoms with Crippen molar-refractivity contribution in [1.82, 2.24) is 19.7 Å². The minimum absolute atomic E-state index is 0.172. The zero-order chi connectivity index (χ0) is 21.3. The third-order valence-corrected chi connectivity index (χ3v) is 5.33. The number of nitrogen functional groups attached to an aromatic ring is 1. The number of carbonyl (C=O) groups is 1. The van der Waals surface area contributed by atoms with Gasteiger partial charge in [0.15, 0.2) is 22.4 Å². The van der Waals surface area contributed by atoms with Crippen LogP contribution in [0.4, 0.5) is 5.13 Å². The first kappa shape index (κ1) is 19.6. The summed E-state index contributed by atoms with van der Waals surface area (Å²) in [5, 5.41) is 6.56. The fourth-order valence-corrected chi connectivity index (χ4v) is 3.84. The number of hydrogen-bond acceptors (Lipinski definition) is 8. The second-order valence-electron chi connectivity index (χ2n) is 6.50. The molecule has 0 radical (unpaired) electrons. The Balaban J connectivity index is 1.84. The lowest BCUT2D eigenvalue weighted by atomic mass is 9.97. The van der Waals surface area contributed by atoms with E-state index in [1.807, 2.05) is 24.4 Å². The number of ether oxygens (including phenoxy) is 2. The van der Waals surface area contributed by atoms with Gasteiger partial charge in [-0.3, -0.25) is 4.79 Å². The van der Waals surface area contributed by atoms with Gasteiger partial charge in [0.05, 0.1) is 25.6 Å². The van der Waals surface area contributed by atoms with Crippen LogP contribution in [-0.2, 0) is 0 Å². The number of nitrogens with two attached hydrogens (primary N) is 1. The molecule has 152 valence electrons. The number of carbonyl (C=O) groups excluding carboxylic acids is 1. The van der Waals surface area contributed by atoms with Crippen LogP contribution < -0.4 is 15.2 Å². The molecular weight excluding hydrogens is 402 g/mol. The molecule has 9 heteroatoms. The molecule has 0 amide bonds. The summed E-state index contributed by atoms with van der Waals surface area (Å²) in [6.45, 7) is 1.87. The van der Waals surface area contributed by atoms with Gasteiger partial charge in [-0.1, -0.05) is 6.07 Å². The largest absolute Gasteiger partial charge is 0.493 e. The van der Waals surface area contributed by atoms with Crippen LogP contribution in [-0.4, -0.2) is 39.8 Å². The Morgan fingerprint density at radius 2 is 2.00 bits per heavy atom. The Kier molecular flexibility index (Phi) is 5.20. The summed E-state index contributed by atoms with van der Waals surface area (Å²) in [4.78, 5) is 21.8. The Bertz CT molecular complexity index is 1220. The zero-order valence-corrected chi connectivity index (χ0v) is 17.4. The van der Waals surface area contributed by atoms with Gasteiger partial charge in [-0.05, 0) is 36.8 Å². The number of rotatable bonds is 6. The van der Waals surface area contributed by atoms with E-state index in [-0.39, 0.29) is 5.78 Å². The number of nitrogens with zero attached hydrogens (tertiary/aromatic N) is 4. The van der Waals surface area contributed by atoms with E-state index in [1.165, 1.54) is 17.7 Å². The Labute approximate surface area is 176 Å². The first-order valence-electron chi connectivity index (χ1n) is 8.99. The second-order valence-corrected chi connectivity index (χ2v) is 7.39. The number of aromatic nitrogens is 4. The summed E-state index contributed by atoms with van der Waals surface area (Å²) in [5.41, 5.74) is 9.68. The van der Waals surface area contributed by atoms with Crippen molar-refractivity contribution in [2.24, 2.45) is 0 Å². The average Bonchev–Trinajstić information content (AvgIpc) is 3.44. The average molecular weight is 421 g/mol. The lowest BCUT2D eigenvalue weighted by Crippen LogP contribution is -2.09. The number of ketones is 1. The van der Waals surface area contributed by atoms with Crippen LogP contribution in [0.1, 0.15) is 21.5 Å². The molecule has 8 nitrogen and oxygen atoms in total. The standard InChI is InChI=1S/C21H19N5O3S/c1-12-6-14(8-18(28-2)20(12)29-3)19(27)15-5-4-13(16-9-30-21(22)25-16)7-17(15)26-11-23-10-24-26/h4-11H,1-3H3,(H2,22,25). The normalized spacial score (nSPS) is 10.8. The summed E-state index contributed by atoms with van der Waals surface area (Å²) in [6.07, 6.45) is 2.97. The highest BCUT2D eigenvalue weighted by atomic mass is 32.1. The van der Waals surface area contributed by atoms with Crippen LogP contribution in [0.2, 0.25) is 0 Å². The van der Waals surface area contributed by atoms with E-state index in [0.717, 1.165) is 16.8 Å². The Morgan fingerprint density at radius 3 is 2.63 bits per heavy atom. The highest BCUT2D eigenvalue weighted by molar-refractivity contribution is 7.13. The molecule has 0 aliphatic heterocycles. The maximum atomic E-state index is 13.4. The lowest BCUT2D eigenvalue weighted by Gasteiger charge is -2.14. The first-order valence-corrected chi connectivity index (χ1v) is 9.87. The third kappa shape index (κ3) is 3.50. The summed E-state index contributed by atoms with van der Waals surface area (Å²) in [7, 11) is 3.11. The topological polar surface area (TPSA) is 105 Å². The number of benzene rings is 2. The van der Waals surface area contributed by atoms with Crippen LogP contribution in [0.15, 0.2) is 48.4 Å². The minimum atomic E-state index is -0.172. The first-order chi connectivity index (χ1) is 14.5.